The SMILES string of the molecule is COc1ccc(C(O)c2ccc3c(c2)CCO3)nn1. The summed E-state index contributed by atoms with van der Waals surface area (Å²) in [6.07, 6.45) is 0.0915. The van der Waals surface area contributed by atoms with Gasteiger partial charge < -0.3 is 14.6 Å². The van der Waals surface area contributed by atoms with Gasteiger partial charge >= 0.3 is 0 Å². The number of benzene rings is 1. The minimum atomic E-state index is -0.788. The molecule has 1 atom stereocenters. The van der Waals surface area contributed by atoms with Crippen LogP contribution in [-0.2, 0) is 6.42 Å². The van der Waals surface area contributed by atoms with E-state index >= 15 is 0 Å². The molecule has 2 heterocycles. The molecule has 0 amide bonds. The van der Waals surface area contributed by atoms with Gasteiger partial charge in [-0.3, -0.25) is 0 Å². The number of rotatable bonds is 3. The Morgan fingerprint density at radius 3 is 2.89 bits per heavy atom. The van der Waals surface area contributed by atoms with Crippen molar-refractivity contribution in [2.75, 3.05) is 13.7 Å². The van der Waals surface area contributed by atoms with Crippen LogP contribution in [0, 0.1) is 0 Å². The van der Waals surface area contributed by atoms with E-state index < -0.39 is 6.10 Å². The summed E-state index contributed by atoms with van der Waals surface area (Å²) in [6, 6.07) is 9.08. The Hall–Kier alpha value is -2.14. The number of ether oxygens (including phenoxy) is 2. The summed E-state index contributed by atoms with van der Waals surface area (Å²) in [6.45, 7) is 0.706. The van der Waals surface area contributed by atoms with Gasteiger partial charge in [-0.15, -0.1) is 10.2 Å². The van der Waals surface area contributed by atoms with Crippen LogP contribution in [0.2, 0.25) is 0 Å². The first-order valence-electron chi connectivity index (χ1n) is 6.09. The molecule has 3 rings (SSSR count). The van der Waals surface area contributed by atoms with Crippen molar-refractivity contribution in [2.45, 2.75) is 12.5 Å². The number of hydrogen-bond donors (Lipinski definition) is 1. The predicted molar refractivity (Wildman–Crippen MR) is 68.3 cm³/mol. The molecule has 1 aromatic carbocycles. The van der Waals surface area contributed by atoms with E-state index in [1.54, 1.807) is 12.1 Å². The molecule has 0 bridgehead atoms. The Labute approximate surface area is 110 Å². The third kappa shape index (κ3) is 2.24. The van der Waals surface area contributed by atoms with Gasteiger partial charge in [-0.25, -0.2) is 0 Å². The summed E-state index contributed by atoms with van der Waals surface area (Å²) in [5.74, 6) is 1.33. The smallest absolute Gasteiger partial charge is 0.233 e. The number of nitrogens with zero attached hydrogens (tertiary/aromatic N) is 2. The van der Waals surface area contributed by atoms with Crippen molar-refractivity contribution < 1.29 is 14.6 Å². The number of aliphatic hydroxyl groups is 1. The standard InChI is InChI=1S/C14H14N2O3/c1-18-13-5-3-11(15-16-13)14(17)10-2-4-12-9(8-10)6-7-19-12/h2-5,8,14,17H,6-7H2,1H3. The molecule has 0 saturated heterocycles. The molecule has 0 aliphatic carbocycles. The number of aromatic nitrogens is 2. The molecule has 1 unspecified atom stereocenters. The molecule has 1 N–H and O–H groups in total. The van der Waals surface area contributed by atoms with E-state index in [2.05, 4.69) is 10.2 Å². The van der Waals surface area contributed by atoms with Gasteiger partial charge in [-0.2, -0.15) is 0 Å². The molecule has 19 heavy (non-hydrogen) atoms. The molecule has 0 saturated carbocycles. The topological polar surface area (TPSA) is 64.5 Å². The van der Waals surface area contributed by atoms with Gasteiger partial charge in [0.15, 0.2) is 0 Å². The highest BCUT2D eigenvalue weighted by Crippen LogP contribution is 2.30. The maximum Gasteiger partial charge on any atom is 0.233 e. The first-order valence-corrected chi connectivity index (χ1v) is 6.09. The lowest BCUT2D eigenvalue weighted by atomic mass is 10.0. The van der Waals surface area contributed by atoms with Crippen molar-refractivity contribution in [3.63, 3.8) is 0 Å². The Balaban J connectivity index is 1.88. The van der Waals surface area contributed by atoms with Crippen molar-refractivity contribution in [2.24, 2.45) is 0 Å². The van der Waals surface area contributed by atoms with Crippen LogP contribution in [0.4, 0.5) is 0 Å². The lowest BCUT2D eigenvalue weighted by Crippen LogP contribution is -2.04. The maximum absolute atomic E-state index is 10.3. The quantitative estimate of drug-likeness (QED) is 0.903. The van der Waals surface area contributed by atoms with E-state index in [1.165, 1.54) is 7.11 Å². The third-order valence-electron chi connectivity index (χ3n) is 3.18. The highest BCUT2D eigenvalue weighted by Gasteiger charge is 2.17. The van der Waals surface area contributed by atoms with Gasteiger partial charge in [-0.1, -0.05) is 6.07 Å². The maximum atomic E-state index is 10.3. The molecule has 98 valence electrons. The molecular weight excluding hydrogens is 244 g/mol. The molecule has 1 aliphatic rings. The van der Waals surface area contributed by atoms with Gasteiger partial charge in [0.25, 0.3) is 0 Å². The van der Waals surface area contributed by atoms with Crippen LogP contribution in [0.5, 0.6) is 11.6 Å². The predicted octanol–water partition coefficient (Wildman–Crippen LogP) is 1.50. The zero-order chi connectivity index (χ0) is 13.2. The molecule has 1 aliphatic heterocycles. The Kier molecular flexibility index (Phi) is 3.05. The third-order valence-corrected chi connectivity index (χ3v) is 3.18. The van der Waals surface area contributed by atoms with Crippen molar-refractivity contribution in [1.82, 2.24) is 10.2 Å². The molecule has 0 spiro atoms. The molecular formula is C14H14N2O3. The number of aliphatic hydroxyl groups excluding tert-OH is 1. The van der Waals surface area contributed by atoms with Crippen LogP contribution in [0.15, 0.2) is 30.3 Å². The minimum absolute atomic E-state index is 0.429. The lowest BCUT2D eigenvalue weighted by molar-refractivity contribution is 0.213. The Morgan fingerprint density at radius 2 is 2.16 bits per heavy atom. The molecule has 1 aromatic heterocycles. The summed E-state index contributed by atoms with van der Waals surface area (Å²) < 4.78 is 10.4. The van der Waals surface area contributed by atoms with Crippen molar-refractivity contribution >= 4 is 0 Å². The van der Waals surface area contributed by atoms with Crippen LogP contribution in [0.25, 0.3) is 0 Å². The summed E-state index contributed by atoms with van der Waals surface area (Å²) in [5.41, 5.74) is 2.42. The highest BCUT2D eigenvalue weighted by molar-refractivity contribution is 5.41. The van der Waals surface area contributed by atoms with Crippen LogP contribution < -0.4 is 9.47 Å². The zero-order valence-corrected chi connectivity index (χ0v) is 10.5. The van der Waals surface area contributed by atoms with Crippen LogP contribution in [0.1, 0.15) is 22.9 Å². The number of hydrogen-bond acceptors (Lipinski definition) is 5. The minimum Gasteiger partial charge on any atom is -0.493 e. The average Bonchev–Trinajstić information content (AvgIpc) is 2.94. The number of fused-ring (bicyclic) bond motifs is 1. The Morgan fingerprint density at radius 1 is 1.26 bits per heavy atom. The molecule has 0 fully saturated rings. The Bertz CT molecular complexity index is 584. The largest absolute Gasteiger partial charge is 0.493 e. The average molecular weight is 258 g/mol. The van der Waals surface area contributed by atoms with E-state index in [4.69, 9.17) is 9.47 Å². The van der Waals surface area contributed by atoms with Gasteiger partial charge in [-0.05, 0) is 29.3 Å². The van der Waals surface area contributed by atoms with Gasteiger partial charge in [0.1, 0.15) is 11.9 Å². The molecule has 5 nitrogen and oxygen atoms in total. The van der Waals surface area contributed by atoms with E-state index in [1.807, 2.05) is 18.2 Å². The monoisotopic (exact) mass is 258 g/mol. The highest BCUT2D eigenvalue weighted by atomic mass is 16.5. The fourth-order valence-corrected chi connectivity index (χ4v) is 2.13. The zero-order valence-electron chi connectivity index (χ0n) is 10.5. The second-order valence-electron chi connectivity index (χ2n) is 4.37. The lowest BCUT2D eigenvalue weighted by Gasteiger charge is -2.11. The first-order chi connectivity index (χ1) is 9.28. The normalized spacial score (nSPS) is 14.6. The fourth-order valence-electron chi connectivity index (χ4n) is 2.13. The van der Waals surface area contributed by atoms with Crippen LogP contribution in [0.3, 0.4) is 0 Å². The van der Waals surface area contributed by atoms with Crippen LogP contribution >= 0.6 is 0 Å². The van der Waals surface area contributed by atoms with Crippen molar-refractivity contribution in [1.29, 1.82) is 0 Å². The van der Waals surface area contributed by atoms with Gasteiger partial charge in [0.05, 0.1) is 19.4 Å². The van der Waals surface area contributed by atoms with Crippen molar-refractivity contribution in [3.05, 3.63) is 47.2 Å². The summed E-state index contributed by atoms with van der Waals surface area (Å²) in [5, 5.41) is 18.1. The summed E-state index contributed by atoms with van der Waals surface area (Å²) >= 11 is 0. The van der Waals surface area contributed by atoms with Crippen molar-refractivity contribution in [3.8, 4) is 11.6 Å². The van der Waals surface area contributed by atoms with E-state index in [0.717, 1.165) is 23.3 Å². The first kappa shape index (κ1) is 11.9. The summed E-state index contributed by atoms with van der Waals surface area (Å²) in [4.78, 5) is 0. The van der Waals surface area contributed by atoms with E-state index in [9.17, 15) is 5.11 Å². The van der Waals surface area contributed by atoms with Crippen LogP contribution in [-0.4, -0.2) is 29.0 Å². The molecule has 5 heteroatoms. The number of methoxy groups -OCH3 is 1. The molecule has 0 radical (unpaired) electrons. The van der Waals surface area contributed by atoms with Gasteiger partial charge in [0, 0.05) is 12.5 Å². The molecule has 2 aromatic rings. The second-order valence-corrected chi connectivity index (χ2v) is 4.37. The van der Waals surface area contributed by atoms with Gasteiger partial charge in [0.2, 0.25) is 5.88 Å². The van der Waals surface area contributed by atoms with E-state index in [-0.39, 0.29) is 0 Å². The summed E-state index contributed by atoms with van der Waals surface area (Å²) in [7, 11) is 1.53. The second kappa shape index (κ2) is 4.85. The van der Waals surface area contributed by atoms with E-state index in [0.29, 0.717) is 18.2 Å². The fraction of sp³-hybridized carbons (Fsp3) is 0.286.